The van der Waals surface area contributed by atoms with Crippen molar-refractivity contribution in [3.05, 3.63) is 76.6 Å². The third kappa shape index (κ3) is 4.44. The minimum absolute atomic E-state index is 0.278. The van der Waals surface area contributed by atoms with Gasteiger partial charge in [0.15, 0.2) is 0 Å². The van der Waals surface area contributed by atoms with E-state index in [2.05, 4.69) is 21.4 Å². The molecule has 0 atom stereocenters. The van der Waals surface area contributed by atoms with Crippen LogP contribution in [0.25, 0.3) is 0 Å². The summed E-state index contributed by atoms with van der Waals surface area (Å²) in [6.07, 6.45) is 3.07. The summed E-state index contributed by atoms with van der Waals surface area (Å²) in [6.45, 7) is 6.71. The Morgan fingerprint density at radius 3 is 2.48 bits per heavy atom. The van der Waals surface area contributed by atoms with Gasteiger partial charge in [-0.1, -0.05) is 29.8 Å². The van der Waals surface area contributed by atoms with Crippen molar-refractivity contribution in [1.29, 1.82) is 0 Å². The maximum atomic E-state index is 12.4. The zero-order chi connectivity index (χ0) is 19.4. The van der Waals surface area contributed by atoms with Gasteiger partial charge >= 0.3 is 0 Å². The molecule has 1 aromatic heterocycles. The van der Waals surface area contributed by atoms with E-state index < -0.39 is 0 Å². The normalized spacial score (nSPS) is 10.5. The van der Waals surface area contributed by atoms with E-state index in [-0.39, 0.29) is 5.91 Å². The molecule has 1 heterocycles. The highest BCUT2D eigenvalue weighted by molar-refractivity contribution is 6.31. The Morgan fingerprint density at radius 2 is 1.85 bits per heavy atom. The van der Waals surface area contributed by atoms with Gasteiger partial charge in [-0.3, -0.25) is 4.79 Å². The largest absolute Gasteiger partial charge is 0.322 e. The zero-order valence-corrected chi connectivity index (χ0v) is 16.3. The Bertz CT molecular complexity index is 957. The molecule has 6 heteroatoms. The van der Waals surface area contributed by atoms with Gasteiger partial charge in [0, 0.05) is 35.3 Å². The van der Waals surface area contributed by atoms with Gasteiger partial charge in [0.1, 0.15) is 0 Å². The number of nitrogens with one attached hydrogen (secondary N) is 1. The summed E-state index contributed by atoms with van der Waals surface area (Å²) in [5, 5.41) is 3.42. The lowest BCUT2D eigenvalue weighted by Gasteiger charge is -2.21. The lowest BCUT2D eigenvalue weighted by molar-refractivity contribution is 0.102. The second kappa shape index (κ2) is 8.18. The predicted octanol–water partition coefficient (Wildman–Crippen LogP) is 5.16. The van der Waals surface area contributed by atoms with Crippen LogP contribution in [0.15, 0.2) is 54.9 Å². The first kappa shape index (κ1) is 18.9. The monoisotopic (exact) mass is 380 g/mol. The number of hydrogen-bond donors (Lipinski definition) is 1. The summed E-state index contributed by atoms with van der Waals surface area (Å²) in [6, 6.07) is 13.5. The smallest absolute Gasteiger partial charge is 0.258 e. The van der Waals surface area contributed by atoms with Gasteiger partial charge < -0.3 is 10.2 Å². The molecule has 1 amide bonds. The summed E-state index contributed by atoms with van der Waals surface area (Å²) < 4.78 is 0. The molecule has 0 aliphatic rings. The first-order valence-electron chi connectivity index (χ1n) is 8.71. The van der Waals surface area contributed by atoms with Crippen LogP contribution in [0.5, 0.6) is 0 Å². The summed E-state index contributed by atoms with van der Waals surface area (Å²) >= 11 is 6.10. The molecule has 27 heavy (non-hydrogen) atoms. The van der Waals surface area contributed by atoms with Crippen molar-refractivity contribution >= 4 is 34.8 Å². The van der Waals surface area contributed by atoms with Crippen molar-refractivity contribution in [1.82, 2.24) is 9.97 Å². The second-order valence-corrected chi connectivity index (χ2v) is 6.68. The molecule has 0 aliphatic heterocycles. The number of nitrogens with zero attached hydrogens (tertiary/aromatic N) is 3. The first-order chi connectivity index (χ1) is 13.0. The number of carbonyl (C=O) groups excluding carboxylic acids is 1. The van der Waals surface area contributed by atoms with E-state index in [4.69, 9.17) is 11.6 Å². The molecule has 2 aromatic carbocycles. The Balaban J connectivity index is 1.77. The molecule has 5 nitrogen and oxygen atoms in total. The highest BCUT2D eigenvalue weighted by Gasteiger charge is 2.13. The molecule has 138 valence electrons. The van der Waals surface area contributed by atoms with E-state index in [1.54, 1.807) is 6.07 Å². The minimum Gasteiger partial charge on any atom is -0.322 e. The van der Waals surface area contributed by atoms with Gasteiger partial charge in [-0.25, -0.2) is 9.97 Å². The van der Waals surface area contributed by atoms with Crippen LogP contribution in [0.1, 0.15) is 28.4 Å². The quantitative estimate of drug-likeness (QED) is 0.664. The molecule has 0 unspecified atom stereocenters. The zero-order valence-electron chi connectivity index (χ0n) is 15.5. The Morgan fingerprint density at radius 1 is 1.11 bits per heavy atom. The van der Waals surface area contributed by atoms with Gasteiger partial charge in [0.2, 0.25) is 5.95 Å². The number of aryl methyl sites for hydroxylation is 2. The highest BCUT2D eigenvalue weighted by Crippen LogP contribution is 2.23. The topological polar surface area (TPSA) is 58.1 Å². The average molecular weight is 381 g/mol. The summed E-state index contributed by atoms with van der Waals surface area (Å²) in [5.74, 6) is 0.276. The molecule has 0 bridgehead atoms. The van der Waals surface area contributed by atoms with Crippen LogP contribution in [-0.2, 0) is 0 Å². The fourth-order valence-electron chi connectivity index (χ4n) is 2.69. The van der Waals surface area contributed by atoms with Crippen LogP contribution < -0.4 is 10.2 Å². The van der Waals surface area contributed by atoms with Crippen molar-refractivity contribution in [3.63, 3.8) is 0 Å². The van der Waals surface area contributed by atoms with Crippen LogP contribution in [0.3, 0.4) is 0 Å². The van der Waals surface area contributed by atoms with E-state index in [9.17, 15) is 4.79 Å². The number of halogens is 1. The summed E-state index contributed by atoms with van der Waals surface area (Å²) in [4.78, 5) is 23.2. The van der Waals surface area contributed by atoms with Crippen LogP contribution in [0.2, 0.25) is 5.02 Å². The van der Waals surface area contributed by atoms with Crippen molar-refractivity contribution in [2.45, 2.75) is 20.8 Å². The minimum atomic E-state index is -0.278. The molecule has 3 rings (SSSR count). The second-order valence-electron chi connectivity index (χ2n) is 6.27. The summed E-state index contributed by atoms with van der Waals surface area (Å²) in [7, 11) is 0. The molecule has 0 spiro atoms. The number of hydrogen-bond acceptors (Lipinski definition) is 4. The van der Waals surface area contributed by atoms with E-state index in [1.165, 1.54) is 18.0 Å². The lowest BCUT2D eigenvalue weighted by Crippen LogP contribution is -2.20. The number of aromatic nitrogens is 2. The molecule has 3 aromatic rings. The number of rotatable bonds is 5. The van der Waals surface area contributed by atoms with Gasteiger partial charge in [-0.05, 0) is 56.2 Å². The predicted molar refractivity (Wildman–Crippen MR) is 110 cm³/mol. The molecule has 0 aliphatic carbocycles. The maximum Gasteiger partial charge on any atom is 0.258 e. The fraction of sp³-hybridized carbons (Fsp3) is 0.190. The number of carbonyl (C=O) groups is 1. The average Bonchev–Trinajstić information content (AvgIpc) is 2.66. The van der Waals surface area contributed by atoms with Gasteiger partial charge in [-0.15, -0.1) is 0 Å². The number of amides is 1. The van der Waals surface area contributed by atoms with Crippen molar-refractivity contribution in [2.75, 3.05) is 16.8 Å². The van der Waals surface area contributed by atoms with Gasteiger partial charge in [0.05, 0.1) is 5.56 Å². The molecule has 0 saturated heterocycles. The van der Waals surface area contributed by atoms with Crippen molar-refractivity contribution in [3.8, 4) is 0 Å². The molecular formula is C21H21ClN4O. The van der Waals surface area contributed by atoms with Gasteiger partial charge in [-0.2, -0.15) is 0 Å². The lowest BCUT2D eigenvalue weighted by atomic mass is 10.2. The molecule has 0 fully saturated rings. The molecule has 0 saturated carbocycles. The highest BCUT2D eigenvalue weighted by atomic mass is 35.5. The van der Waals surface area contributed by atoms with Crippen LogP contribution in [0, 0.1) is 13.8 Å². The Hall–Kier alpha value is -2.92. The first-order valence-corrected chi connectivity index (χ1v) is 9.09. The van der Waals surface area contributed by atoms with Crippen LogP contribution in [-0.4, -0.2) is 22.4 Å². The van der Waals surface area contributed by atoms with Gasteiger partial charge in [0.25, 0.3) is 5.91 Å². The third-order valence-electron chi connectivity index (χ3n) is 4.20. The Labute approximate surface area is 164 Å². The molecular weight excluding hydrogens is 360 g/mol. The molecule has 1 N–H and O–H groups in total. The van der Waals surface area contributed by atoms with Crippen molar-refractivity contribution in [2.24, 2.45) is 0 Å². The fourth-order valence-corrected chi connectivity index (χ4v) is 2.87. The number of anilines is 3. The maximum absolute atomic E-state index is 12.4. The van der Waals surface area contributed by atoms with Crippen LogP contribution >= 0.6 is 11.6 Å². The SMILES string of the molecule is CCN(c1cccc(C)c1)c1ncc(C(=O)Nc2ccc(C)c(Cl)c2)cn1. The third-order valence-corrected chi connectivity index (χ3v) is 4.61. The molecule has 0 radical (unpaired) electrons. The standard InChI is InChI=1S/C21H21ClN4O/c1-4-26(18-7-5-6-14(2)10-18)21-23-12-16(13-24-21)20(27)25-17-9-8-15(3)19(22)11-17/h5-13H,4H2,1-3H3,(H,25,27). The van der Waals surface area contributed by atoms with Crippen molar-refractivity contribution < 1.29 is 4.79 Å². The van der Waals surface area contributed by atoms with E-state index >= 15 is 0 Å². The number of benzene rings is 2. The van der Waals surface area contributed by atoms with E-state index in [0.717, 1.165) is 17.8 Å². The Kier molecular flexibility index (Phi) is 5.72. The van der Waals surface area contributed by atoms with E-state index in [1.807, 2.05) is 56.0 Å². The van der Waals surface area contributed by atoms with Crippen LogP contribution in [0.4, 0.5) is 17.3 Å². The summed E-state index contributed by atoms with van der Waals surface area (Å²) in [5.41, 5.74) is 4.16. The van der Waals surface area contributed by atoms with E-state index in [0.29, 0.717) is 22.2 Å².